The van der Waals surface area contributed by atoms with E-state index in [1.807, 2.05) is 51.0 Å². The molecule has 4 nitrogen and oxygen atoms in total. The van der Waals surface area contributed by atoms with Gasteiger partial charge < -0.3 is 21.1 Å². The third-order valence-electron chi connectivity index (χ3n) is 2.61. The van der Waals surface area contributed by atoms with Gasteiger partial charge in [-0.15, -0.1) is 0 Å². The van der Waals surface area contributed by atoms with E-state index in [1.165, 1.54) is 0 Å². The summed E-state index contributed by atoms with van der Waals surface area (Å²) in [5.41, 5.74) is 7.84. The second-order valence-corrected chi connectivity index (χ2v) is 5.16. The summed E-state index contributed by atoms with van der Waals surface area (Å²) in [5.74, 6) is 0. The third kappa shape index (κ3) is 4.63. The molecule has 1 unspecified atom stereocenters. The van der Waals surface area contributed by atoms with Gasteiger partial charge in [0.1, 0.15) is 0 Å². The van der Waals surface area contributed by atoms with E-state index < -0.39 is 5.60 Å². The van der Waals surface area contributed by atoms with Gasteiger partial charge in [0.25, 0.3) is 0 Å². The van der Waals surface area contributed by atoms with Gasteiger partial charge in [0.15, 0.2) is 0 Å². The van der Waals surface area contributed by atoms with E-state index in [9.17, 15) is 5.11 Å². The molecule has 0 aliphatic heterocycles. The van der Waals surface area contributed by atoms with Crippen LogP contribution in [0.5, 0.6) is 0 Å². The summed E-state index contributed by atoms with van der Waals surface area (Å²) in [7, 11) is 3.89. The van der Waals surface area contributed by atoms with Crippen molar-refractivity contribution in [3.05, 3.63) is 23.8 Å². The number of rotatable bonds is 5. The number of nitrogens with one attached hydrogen (secondary N) is 1. The van der Waals surface area contributed by atoms with Crippen molar-refractivity contribution in [2.45, 2.75) is 19.4 Å². The number of nitrogens with two attached hydrogens (primary N) is 1. The van der Waals surface area contributed by atoms with Crippen molar-refractivity contribution in [2.24, 2.45) is 0 Å². The Kier molecular flexibility index (Phi) is 4.37. The average molecular weight is 237 g/mol. The van der Waals surface area contributed by atoms with Crippen LogP contribution in [-0.4, -0.2) is 42.8 Å². The number of hydrogen-bond donors (Lipinski definition) is 3. The summed E-state index contributed by atoms with van der Waals surface area (Å²) in [6.45, 7) is 4.90. The first-order chi connectivity index (χ1) is 7.80. The Morgan fingerprint density at radius 3 is 2.59 bits per heavy atom. The maximum Gasteiger partial charge on any atom is 0.0917 e. The molecule has 4 heteroatoms. The van der Waals surface area contributed by atoms with Crippen molar-refractivity contribution in [1.29, 1.82) is 0 Å². The summed E-state index contributed by atoms with van der Waals surface area (Å²) >= 11 is 0. The molecule has 0 amide bonds. The summed E-state index contributed by atoms with van der Waals surface area (Å²) in [6, 6.07) is 5.83. The van der Waals surface area contributed by atoms with Crippen LogP contribution in [0.3, 0.4) is 0 Å². The molecule has 96 valence electrons. The smallest absolute Gasteiger partial charge is 0.0917 e. The minimum absolute atomic E-state index is 0.494. The van der Waals surface area contributed by atoms with E-state index in [4.69, 9.17) is 5.73 Å². The largest absolute Gasteiger partial charge is 0.398 e. The molecule has 0 aliphatic rings. The molecule has 0 bridgehead atoms. The zero-order valence-electron chi connectivity index (χ0n) is 11.1. The van der Waals surface area contributed by atoms with Crippen LogP contribution in [0.4, 0.5) is 11.4 Å². The summed E-state index contributed by atoms with van der Waals surface area (Å²) in [4.78, 5) is 1.96. The Morgan fingerprint density at radius 2 is 2.06 bits per heavy atom. The number of aryl methyl sites for hydroxylation is 1. The third-order valence-corrected chi connectivity index (χ3v) is 2.61. The number of anilines is 2. The first-order valence-corrected chi connectivity index (χ1v) is 5.77. The fraction of sp³-hybridized carbons (Fsp3) is 0.538. The topological polar surface area (TPSA) is 61.5 Å². The molecule has 0 fully saturated rings. The number of aliphatic hydroxyl groups is 1. The molecular formula is C13H23N3O. The van der Waals surface area contributed by atoms with Crippen LogP contribution in [0.25, 0.3) is 0 Å². The summed E-state index contributed by atoms with van der Waals surface area (Å²) < 4.78 is 0. The predicted octanol–water partition coefficient (Wildman–Crippen LogP) is 1.30. The van der Waals surface area contributed by atoms with Crippen LogP contribution in [0.2, 0.25) is 0 Å². The maximum atomic E-state index is 10.1. The minimum Gasteiger partial charge on any atom is -0.398 e. The van der Waals surface area contributed by atoms with Crippen LogP contribution in [0.15, 0.2) is 18.2 Å². The molecule has 0 radical (unpaired) electrons. The zero-order chi connectivity index (χ0) is 13.1. The lowest BCUT2D eigenvalue weighted by molar-refractivity contribution is 0.0460. The molecule has 17 heavy (non-hydrogen) atoms. The summed E-state index contributed by atoms with van der Waals surface area (Å²) in [5, 5.41) is 13.3. The molecule has 0 heterocycles. The monoisotopic (exact) mass is 237 g/mol. The van der Waals surface area contributed by atoms with E-state index >= 15 is 0 Å². The Labute approximate surface area is 103 Å². The molecule has 0 spiro atoms. The number of hydrogen-bond acceptors (Lipinski definition) is 4. The molecular weight excluding hydrogens is 214 g/mol. The molecule has 0 saturated heterocycles. The molecule has 0 aromatic heterocycles. The van der Waals surface area contributed by atoms with Gasteiger partial charge in [0, 0.05) is 24.5 Å². The van der Waals surface area contributed by atoms with Crippen LogP contribution < -0.4 is 11.1 Å². The molecule has 1 aromatic rings. The van der Waals surface area contributed by atoms with E-state index in [-0.39, 0.29) is 0 Å². The van der Waals surface area contributed by atoms with Gasteiger partial charge in [-0.1, -0.05) is 6.07 Å². The zero-order valence-corrected chi connectivity index (χ0v) is 11.1. The minimum atomic E-state index is -0.761. The highest BCUT2D eigenvalue weighted by Crippen LogP contribution is 2.17. The Balaban J connectivity index is 2.58. The normalized spacial score (nSPS) is 14.7. The molecule has 1 atom stereocenters. The lowest BCUT2D eigenvalue weighted by Gasteiger charge is -2.27. The van der Waals surface area contributed by atoms with Crippen molar-refractivity contribution in [3.63, 3.8) is 0 Å². The number of nitrogen functional groups attached to an aromatic ring is 1. The lowest BCUT2D eigenvalue weighted by Crippen LogP contribution is -2.43. The van der Waals surface area contributed by atoms with Crippen molar-refractivity contribution in [2.75, 3.05) is 38.2 Å². The summed E-state index contributed by atoms with van der Waals surface area (Å²) in [6.07, 6.45) is 0. The molecule has 0 aliphatic carbocycles. The van der Waals surface area contributed by atoms with E-state index in [0.717, 1.165) is 16.9 Å². The highest BCUT2D eigenvalue weighted by atomic mass is 16.3. The first-order valence-electron chi connectivity index (χ1n) is 5.77. The standard InChI is InChI=1S/C13H23N3O/c1-10-5-6-11(7-12(10)14)15-8-13(2,17)9-16(3)4/h5-7,15,17H,8-9,14H2,1-4H3. The van der Waals surface area contributed by atoms with Crippen LogP contribution in [0.1, 0.15) is 12.5 Å². The van der Waals surface area contributed by atoms with Crippen molar-refractivity contribution in [1.82, 2.24) is 4.90 Å². The van der Waals surface area contributed by atoms with Gasteiger partial charge in [0.2, 0.25) is 0 Å². The van der Waals surface area contributed by atoms with Crippen LogP contribution in [-0.2, 0) is 0 Å². The van der Waals surface area contributed by atoms with Crippen LogP contribution in [0, 0.1) is 6.92 Å². The van der Waals surface area contributed by atoms with Gasteiger partial charge in [-0.05, 0) is 45.6 Å². The second-order valence-electron chi connectivity index (χ2n) is 5.16. The quantitative estimate of drug-likeness (QED) is 0.676. The van der Waals surface area contributed by atoms with E-state index in [1.54, 1.807) is 0 Å². The fourth-order valence-corrected chi connectivity index (χ4v) is 1.78. The van der Waals surface area contributed by atoms with Gasteiger partial charge in [-0.25, -0.2) is 0 Å². The molecule has 1 aromatic carbocycles. The average Bonchev–Trinajstić information content (AvgIpc) is 2.18. The van der Waals surface area contributed by atoms with Crippen molar-refractivity contribution < 1.29 is 5.11 Å². The highest BCUT2D eigenvalue weighted by molar-refractivity contribution is 5.58. The number of benzene rings is 1. The van der Waals surface area contributed by atoms with Gasteiger partial charge >= 0.3 is 0 Å². The molecule has 1 rings (SSSR count). The number of likely N-dealkylation sites (N-methyl/N-ethyl adjacent to an activating group) is 1. The highest BCUT2D eigenvalue weighted by Gasteiger charge is 2.20. The Bertz CT molecular complexity index is 375. The van der Waals surface area contributed by atoms with Crippen LogP contribution >= 0.6 is 0 Å². The van der Waals surface area contributed by atoms with Gasteiger partial charge in [-0.3, -0.25) is 0 Å². The Hall–Kier alpha value is -1.26. The predicted molar refractivity (Wildman–Crippen MR) is 73.3 cm³/mol. The SMILES string of the molecule is Cc1ccc(NCC(C)(O)CN(C)C)cc1N. The van der Waals surface area contributed by atoms with E-state index in [2.05, 4.69) is 5.32 Å². The lowest BCUT2D eigenvalue weighted by atomic mass is 10.1. The first kappa shape index (κ1) is 13.8. The van der Waals surface area contributed by atoms with Gasteiger partial charge in [-0.2, -0.15) is 0 Å². The second kappa shape index (κ2) is 5.38. The number of nitrogens with zero attached hydrogens (tertiary/aromatic N) is 1. The van der Waals surface area contributed by atoms with Crippen molar-refractivity contribution >= 4 is 11.4 Å². The molecule has 4 N–H and O–H groups in total. The van der Waals surface area contributed by atoms with Crippen molar-refractivity contribution in [3.8, 4) is 0 Å². The fourth-order valence-electron chi connectivity index (χ4n) is 1.78. The van der Waals surface area contributed by atoms with Gasteiger partial charge in [0.05, 0.1) is 5.60 Å². The van der Waals surface area contributed by atoms with E-state index in [0.29, 0.717) is 13.1 Å². The maximum absolute atomic E-state index is 10.1. The molecule has 0 saturated carbocycles. The Morgan fingerprint density at radius 1 is 1.41 bits per heavy atom.